The molecule has 0 radical (unpaired) electrons. The van der Waals surface area contributed by atoms with Crippen molar-refractivity contribution in [2.24, 2.45) is 5.41 Å². The van der Waals surface area contributed by atoms with Gasteiger partial charge < -0.3 is 33.7 Å². The number of hydrogen-bond donors (Lipinski definition) is 1. The van der Waals surface area contributed by atoms with Crippen molar-refractivity contribution in [2.75, 3.05) is 19.8 Å². The largest absolute Gasteiger partial charge is 0.484 e. The van der Waals surface area contributed by atoms with Crippen LogP contribution >= 0.6 is 0 Å². The zero-order chi connectivity index (χ0) is 60.8. The Morgan fingerprint density at radius 3 is 1.02 bits per heavy atom. The molecule has 0 aliphatic rings. The molecule has 82 heavy (non-hydrogen) atoms. The molecule has 5 rings (SSSR count). The maximum atomic E-state index is 13.7. The first-order chi connectivity index (χ1) is 38.0. The molecule has 0 unspecified atom stereocenters. The summed E-state index contributed by atoms with van der Waals surface area (Å²) in [5.41, 5.74) is -0.0626. The second-order valence-electron chi connectivity index (χ2n) is 25.9. The van der Waals surface area contributed by atoms with Gasteiger partial charge in [-0.2, -0.15) is 0 Å². The van der Waals surface area contributed by atoms with Crippen LogP contribution in [0.3, 0.4) is 0 Å². The van der Waals surface area contributed by atoms with Gasteiger partial charge in [0.05, 0.1) is 52.9 Å². The Hall–Kier alpha value is -7.22. The first-order valence-corrected chi connectivity index (χ1v) is 27.7. The first-order valence-electron chi connectivity index (χ1n) is 27.7. The molecule has 0 saturated carbocycles. The fourth-order valence-corrected chi connectivity index (χ4v) is 7.90. The van der Waals surface area contributed by atoms with Gasteiger partial charge in [0.2, 0.25) is 0 Å². The van der Waals surface area contributed by atoms with E-state index in [1.54, 1.807) is 168 Å². The van der Waals surface area contributed by atoms with Crippen molar-refractivity contribution in [3.8, 4) is 5.75 Å². The summed E-state index contributed by atoms with van der Waals surface area (Å²) in [5, 5.41) is 3.05. The summed E-state index contributed by atoms with van der Waals surface area (Å²) in [7, 11) is 0. The third kappa shape index (κ3) is 23.7. The Morgan fingerprint density at radius 2 is 0.732 bits per heavy atom. The molecular weight excluding hydrogens is 1040 g/mol. The van der Waals surface area contributed by atoms with Gasteiger partial charge in [-0.15, -0.1) is 0 Å². The van der Waals surface area contributed by atoms with E-state index in [0.29, 0.717) is 46.5 Å². The van der Waals surface area contributed by atoms with Crippen LogP contribution < -0.4 is 10.1 Å². The van der Waals surface area contributed by atoms with Gasteiger partial charge in [0.25, 0.3) is 5.91 Å². The lowest BCUT2D eigenvalue weighted by Crippen LogP contribution is -2.49. The summed E-state index contributed by atoms with van der Waals surface area (Å²) < 4.78 is 35.1. The topological polar surface area (TPSA) is 224 Å². The van der Waals surface area contributed by atoms with Gasteiger partial charge in [-0.25, -0.2) is 39.1 Å². The van der Waals surface area contributed by atoms with E-state index in [1.165, 1.54) is 0 Å². The van der Waals surface area contributed by atoms with Crippen LogP contribution in [0.1, 0.15) is 200 Å². The van der Waals surface area contributed by atoms with Crippen LogP contribution in [-0.4, -0.2) is 112 Å². The van der Waals surface area contributed by atoms with Crippen molar-refractivity contribution in [1.82, 2.24) is 40.0 Å². The van der Waals surface area contributed by atoms with E-state index in [1.807, 2.05) is 23.6 Å². The molecule has 0 saturated heterocycles. The van der Waals surface area contributed by atoms with Crippen LogP contribution in [0.2, 0.25) is 0 Å². The van der Waals surface area contributed by atoms with E-state index in [2.05, 4.69) is 26.1 Å². The summed E-state index contributed by atoms with van der Waals surface area (Å²) in [4.78, 5) is 94.9. The number of rotatable bonds is 25. The minimum absolute atomic E-state index is 0.0202. The SMILES string of the molecule is CCC(C)(C)COCC(C)(C)NC(=O)COc1cc(CN(Cc2cccc(C(=O)OC(C)(C)C)n2)Cc2cccc(C(=O)OC(C)(C)C)n2)nc(CN(Cc2cccc(C(=O)OC(C)(C)C)n2)Cc2cccc(C(=O)OC(C)(C)C)n2)c1. The third-order valence-corrected chi connectivity index (χ3v) is 11.6. The summed E-state index contributed by atoms with van der Waals surface area (Å²) in [6.07, 6.45) is 0.936. The maximum Gasteiger partial charge on any atom is 0.357 e. The lowest BCUT2D eigenvalue weighted by Gasteiger charge is -2.29. The zero-order valence-electron chi connectivity index (χ0n) is 51.3. The predicted octanol–water partition coefficient (Wildman–Crippen LogP) is 10.6. The summed E-state index contributed by atoms with van der Waals surface area (Å²) in [5.74, 6) is -2.34. The normalized spacial score (nSPS) is 12.5. The van der Waals surface area contributed by atoms with E-state index >= 15 is 0 Å². The van der Waals surface area contributed by atoms with Crippen molar-refractivity contribution < 1.29 is 52.4 Å². The molecule has 5 aromatic heterocycles. The van der Waals surface area contributed by atoms with Crippen molar-refractivity contribution in [3.05, 3.63) is 142 Å². The highest BCUT2D eigenvalue weighted by atomic mass is 16.6. The molecule has 0 fully saturated rings. The van der Waals surface area contributed by atoms with Crippen LogP contribution in [-0.2, 0) is 67.7 Å². The quantitative estimate of drug-likeness (QED) is 0.0424. The monoisotopic (exact) mass is 1130 g/mol. The number of carbonyl (C=O) groups is 5. The number of aromatic nitrogens is 5. The molecule has 1 N–H and O–H groups in total. The van der Waals surface area contributed by atoms with Crippen LogP contribution in [0, 0.1) is 5.41 Å². The lowest BCUT2D eigenvalue weighted by molar-refractivity contribution is -0.125. The fraction of sp³-hybridized carbons (Fsp3) is 0.524. The van der Waals surface area contributed by atoms with Crippen molar-refractivity contribution >= 4 is 29.8 Å². The fourth-order valence-electron chi connectivity index (χ4n) is 7.90. The molecular formula is C63H86N8O11. The van der Waals surface area contributed by atoms with Gasteiger partial charge in [-0.3, -0.25) is 19.6 Å². The van der Waals surface area contributed by atoms with E-state index < -0.39 is 51.8 Å². The van der Waals surface area contributed by atoms with E-state index in [0.717, 1.165) is 6.42 Å². The molecule has 19 nitrogen and oxygen atoms in total. The molecule has 444 valence electrons. The highest BCUT2D eigenvalue weighted by Crippen LogP contribution is 2.24. The molecule has 0 aliphatic heterocycles. The molecule has 0 aliphatic carbocycles. The Labute approximate surface area is 484 Å². The van der Waals surface area contributed by atoms with Crippen molar-refractivity contribution in [3.63, 3.8) is 0 Å². The number of pyridine rings is 5. The van der Waals surface area contributed by atoms with E-state index in [4.69, 9.17) is 53.3 Å². The second-order valence-corrected chi connectivity index (χ2v) is 25.9. The molecule has 1 amide bonds. The van der Waals surface area contributed by atoms with Gasteiger partial charge in [0.15, 0.2) is 6.61 Å². The Morgan fingerprint density at radius 1 is 0.427 bits per heavy atom. The summed E-state index contributed by atoms with van der Waals surface area (Å²) in [6.45, 7) is 33.1. The number of ether oxygens (including phenoxy) is 6. The second kappa shape index (κ2) is 27.7. The Balaban J connectivity index is 1.60. The number of hydrogen-bond acceptors (Lipinski definition) is 18. The van der Waals surface area contributed by atoms with Gasteiger partial charge >= 0.3 is 23.9 Å². The third-order valence-electron chi connectivity index (χ3n) is 11.6. The molecule has 5 aromatic rings. The van der Waals surface area contributed by atoms with Crippen LogP contribution in [0.4, 0.5) is 0 Å². The smallest absolute Gasteiger partial charge is 0.357 e. The van der Waals surface area contributed by atoms with Crippen LogP contribution in [0.5, 0.6) is 5.75 Å². The highest BCUT2D eigenvalue weighted by Gasteiger charge is 2.27. The number of esters is 4. The van der Waals surface area contributed by atoms with E-state index in [-0.39, 0.29) is 86.6 Å². The van der Waals surface area contributed by atoms with Gasteiger partial charge in [-0.05, 0) is 157 Å². The van der Waals surface area contributed by atoms with Crippen molar-refractivity contribution in [1.29, 1.82) is 0 Å². The van der Waals surface area contributed by atoms with Gasteiger partial charge in [-0.1, -0.05) is 45.0 Å². The number of nitrogens with zero attached hydrogens (tertiary/aromatic N) is 7. The molecule has 0 atom stereocenters. The molecule has 5 heterocycles. The number of nitrogens with one attached hydrogen (secondary N) is 1. The summed E-state index contributed by atoms with van der Waals surface area (Å²) >= 11 is 0. The standard InChI is InChI=1S/C63H86N8O11/c1-18-62(14,15)40-77-41-63(16,17)69-53(72)39-78-48-31-46(37-70(33-42-23-19-27-49(65-42)54(73)79-58(2,3)4)34-43-24-20-28-50(66-43)55(74)80-59(5,6)7)64-47(32-48)38-71(35-44-25-21-29-51(67-44)56(75)81-60(8,9)10)36-45-26-22-30-52(68-45)57(76)82-61(11,12)13/h19-32H,18,33-41H2,1-17H3,(H,69,72). The van der Waals surface area contributed by atoms with Crippen LogP contribution in [0.15, 0.2) is 84.9 Å². The molecule has 0 spiro atoms. The van der Waals surface area contributed by atoms with Gasteiger partial charge in [0.1, 0.15) is 50.9 Å². The highest BCUT2D eigenvalue weighted by molar-refractivity contribution is 5.89. The zero-order valence-corrected chi connectivity index (χ0v) is 51.3. The Kier molecular flexibility index (Phi) is 22.2. The number of carbonyl (C=O) groups excluding carboxylic acids is 5. The average molecular weight is 1130 g/mol. The number of amides is 1. The summed E-state index contributed by atoms with van der Waals surface area (Å²) in [6, 6.07) is 24.0. The first kappa shape index (κ1) is 65.6. The van der Waals surface area contributed by atoms with Crippen LogP contribution in [0.25, 0.3) is 0 Å². The minimum Gasteiger partial charge on any atom is -0.484 e. The predicted molar refractivity (Wildman–Crippen MR) is 310 cm³/mol. The minimum atomic E-state index is -0.754. The molecule has 0 aromatic carbocycles. The average Bonchev–Trinajstić information content (AvgIpc) is 3.52. The molecule has 19 heteroatoms. The van der Waals surface area contributed by atoms with Gasteiger partial charge in [0, 0.05) is 51.4 Å². The lowest BCUT2D eigenvalue weighted by atomic mass is 9.91. The van der Waals surface area contributed by atoms with E-state index in [9.17, 15) is 24.0 Å². The van der Waals surface area contributed by atoms with Crippen molar-refractivity contribution in [2.45, 2.75) is 191 Å². The maximum absolute atomic E-state index is 13.7. The Bertz CT molecular complexity index is 2690. The molecule has 0 bridgehead atoms.